The fraction of sp³-hybridized carbons (Fsp3) is 0.462. The van der Waals surface area contributed by atoms with Gasteiger partial charge in [0.2, 0.25) is 5.91 Å². The Bertz CT molecular complexity index is 1190. The van der Waals surface area contributed by atoms with Crippen molar-refractivity contribution in [1.29, 1.82) is 0 Å². The monoisotopic (exact) mass is 518 g/mol. The second kappa shape index (κ2) is 12.0. The van der Waals surface area contributed by atoms with Crippen LogP contribution in [0.15, 0.2) is 41.5 Å². The van der Waals surface area contributed by atoms with Crippen LogP contribution in [0.5, 0.6) is 11.5 Å². The lowest BCUT2D eigenvalue weighted by molar-refractivity contribution is -0.138. The highest BCUT2D eigenvalue weighted by molar-refractivity contribution is 6.04. The Morgan fingerprint density at radius 3 is 2.43 bits per heavy atom. The number of carbonyl (C=O) groups excluding carboxylic acids is 2. The number of azide groups is 1. The van der Waals surface area contributed by atoms with E-state index in [1.165, 1.54) is 31.4 Å². The van der Waals surface area contributed by atoms with Crippen molar-refractivity contribution in [1.82, 2.24) is 0 Å². The topological polar surface area (TPSA) is 105 Å². The highest BCUT2D eigenvalue weighted by Gasteiger charge is 2.35. The van der Waals surface area contributed by atoms with Crippen LogP contribution in [0.3, 0.4) is 0 Å². The molecule has 198 valence electrons. The molecular weight excluding hydrogens is 489 g/mol. The number of benzene rings is 2. The zero-order chi connectivity index (χ0) is 27.2. The smallest absolute Gasteiger partial charge is 0.419 e. The number of hydrogen-bond acceptors (Lipinski definition) is 5. The molecule has 2 aromatic rings. The van der Waals surface area contributed by atoms with E-state index in [-0.39, 0.29) is 41.3 Å². The number of amides is 1. The van der Waals surface area contributed by atoms with E-state index in [0.717, 1.165) is 44.2 Å². The molecule has 0 atom stereocenters. The maximum absolute atomic E-state index is 13.7. The third-order valence-electron chi connectivity index (χ3n) is 6.23. The number of methoxy groups -OCH3 is 1. The second-order valence-electron chi connectivity index (χ2n) is 9.13. The fourth-order valence-corrected chi connectivity index (χ4v) is 4.49. The molecule has 0 saturated heterocycles. The molecule has 0 spiro atoms. The number of rotatable bonds is 8. The zero-order valence-electron chi connectivity index (χ0n) is 20.9. The van der Waals surface area contributed by atoms with Gasteiger partial charge >= 0.3 is 12.1 Å². The second-order valence-corrected chi connectivity index (χ2v) is 9.13. The van der Waals surface area contributed by atoms with Crippen molar-refractivity contribution in [3.8, 4) is 11.5 Å². The number of nitrogens with zero attached hydrogens (tertiary/aromatic N) is 4. The molecule has 37 heavy (non-hydrogen) atoms. The SMILES string of the molecule is COC(=O)c1cc(Oc2ccc(CN=[N+]=[N-])cc2C(F)(F)F)ccc1N(C(=O)C1CCCCC1)C(C)C. The van der Waals surface area contributed by atoms with Crippen LogP contribution >= 0.6 is 0 Å². The Kier molecular flexibility index (Phi) is 9.04. The van der Waals surface area contributed by atoms with E-state index in [0.29, 0.717) is 5.69 Å². The summed E-state index contributed by atoms with van der Waals surface area (Å²) in [6.07, 6.45) is -0.200. The van der Waals surface area contributed by atoms with Gasteiger partial charge < -0.3 is 14.4 Å². The summed E-state index contributed by atoms with van der Waals surface area (Å²) in [5.74, 6) is -1.52. The summed E-state index contributed by atoms with van der Waals surface area (Å²) in [4.78, 5) is 30.2. The summed E-state index contributed by atoms with van der Waals surface area (Å²) in [5, 5.41) is 3.30. The van der Waals surface area contributed by atoms with Gasteiger partial charge in [0.1, 0.15) is 11.5 Å². The van der Waals surface area contributed by atoms with Gasteiger partial charge in [0.05, 0.1) is 30.5 Å². The molecule has 0 bridgehead atoms. The van der Waals surface area contributed by atoms with Gasteiger partial charge in [-0.3, -0.25) is 4.79 Å². The molecule has 0 radical (unpaired) electrons. The first-order valence-electron chi connectivity index (χ1n) is 12.0. The minimum absolute atomic E-state index is 0.00592. The van der Waals surface area contributed by atoms with E-state index in [4.69, 9.17) is 15.0 Å². The van der Waals surface area contributed by atoms with Crippen molar-refractivity contribution in [3.05, 3.63) is 63.5 Å². The van der Waals surface area contributed by atoms with Crippen molar-refractivity contribution in [2.75, 3.05) is 12.0 Å². The van der Waals surface area contributed by atoms with Crippen LogP contribution in [-0.4, -0.2) is 25.0 Å². The van der Waals surface area contributed by atoms with Crippen molar-refractivity contribution >= 4 is 17.6 Å². The number of esters is 1. The van der Waals surface area contributed by atoms with Crippen LogP contribution in [0.4, 0.5) is 18.9 Å². The predicted molar refractivity (Wildman–Crippen MR) is 131 cm³/mol. The third-order valence-corrected chi connectivity index (χ3v) is 6.23. The third kappa shape index (κ3) is 6.74. The molecule has 0 heterocycles. The predicted octanol–water partition coefficient (Wildman–Crippen LogP) is 7.42. The molecule has 8 nitrogen and oxygen atoms in total. The Morgan fingerprint density at radius 2 is 1.84 bits per heavy atom. The van der Waals surface area contributed by atoms with Gasteiger partial charge in [0.25, 0.3) is 0 Å². The molecule has 3 rings (SSSR count). The minimum atomic E-state index is -4.74. The van der Waals surface area contributed by atoms with Crippen LogP contribution in [0.2, 0.25) is 0 Å². The molecule has 1 saturated carbocycles. The summed E-state index contributed by atoms with van der Waals surface area (Å²) in [5.41, 5.74) is 7.87. The minimum Gasteiger partial charge on any atom is -0.465 e. The van der Waals surface area contributed by atoms with E-state index in [1.807, 2.05) is 13.8 Å². The van der Waals surface area contributed by atoms with Crippen molar-refractivity contribution in [2.45, 2.75) is 64.7 Å². The average molecular weight is 519 g/mol. The lowest BCUT2D eigenvalue weighted by atomic mass is 9.87. The number of halogens is 3. The molecule has 2 aromatic carbocycles. The van der Waals surface area contributed by atoms with Crippen molar-refractivity contribution in [2.24, 2.45) is 11.0 Å². The first kappa shape index (κ1) is 27.9. The lowest BCUT2D eigenvalue weighted by Gasteiger charge is -2.33. The van der Waals surface area contributed by atoms with Gasteiger partial charge in [-0.05, 0) is 68.1 Å². The summed E-state index contributed by atoms with van der Waals surface area (Å²) in [6.45, 7) is 3.42. The van der Waals surface area contributed by atoms with E-state index in [1.54, 1.807) is 4.90 Å². The highest BCUT2D eigenvalue weighted by atomic mass is 19.4. The molecule has 1 fully saturated rings. The molecule has 1 aliphatic carbocycles. The van der Waals surface area contributed by atoms with Crippen molar-refractivity contribution in [3.63, 3.8) is 0 Å². The zero-order valence-corrected chi connectivity index (χ0v) is 20.9. The Labute approximate surface area is 213 Å². The van der Waals surface area contributed by atoms with Crippen molar-refractivity contribution < 1.29 is 32.2 Å². The van der Waals surface area contributed by atoms with Crippen LogP contribution < -0.4 is 9.64 Å². The molecule has 0 unspecified atom stereocenters. The Hall–Kier alpha value is -3.72. The van der Waals surface area contributed by atoms with Gasteiger partial charge in [-0.2, -0.15) is 13.2 Å². The van der Waals surface area contributed by atoms with Crippen LogP contribution in [0.25, 0.3) is 10.4 Å². The van der Waals surface area contributed by atoms with Gasteiger partial charge in [-0.25, -0.2) is 4.79 Å². The normalized spacial score (nSPS) is 14.1. The van der Waals surface area contributed by atoms with E-state index in [2.05, 4.69) is 10.0 Å². The number of ether oxygens (including phenoxy) is 2. The molecule has 1 amide bonds. The lowest BCUT2D eigenvalue weighted by Crippen LogP contribution is -2.42. The van der Waals surface area contributed by atoms with E-state index < -0.39 is 23.5 Å². The summed E-state index contributed by atoms with van der Waals surface area (Å²) >= 11 is 0. The van der Waals surface area contributed by atoms with Gasteiger partial charge in [-0.1, -0.05) is 30.4 Å². The maximum Gasteiger partial charge on any atom is 0.419 e. The average Bonchev–Trinajstić information content (AvgIpc) is 2.88. The molecule has 1 aliphatic rings. The summed E-state index contributed by atoms with van der Waals surface area (Å²) in [7, 11) is 1.19. The fourth-order valence-electron chi connectivity index (χ4n) is 4.49. The largest absolute Gasteiger partial charge is 0.465 e. The number of anilines is 1. The molecule has 0 aliphatic heterocycles. The summed E-state index contributed by atoms with van der Waals surface area (Å²) in [6, 6.07) is 7.25. The van der Waals surface area contributed by atoms with Gasteiger partial charge in [0.15, 0.2) is 0 Å². The van der Waals surface area contributed by atoms with E-state index in [9.17, 15) is 22.8 Å². The van der Waals surface area contributed by atoms with Crippen LogP contribution in [0.1, 0.15) is 67.4 Å². The Morgan fingerprint density at radius 1 is 1.14 bits per heavy atom. The van der Waals surface area contributed by atoms with Gasteiger partial charge in [0, 0.05) is 16.9 Å². The number of carbonyl (C=O) groups is 2. The maximum atomic E-state index is 13.7. The Balaban J connectivity index is 2.01. The first-order valence-corrected chi connectivity index (χ1v) is 12.0. The molecule has 11 heteroatoms. The van der Waals surface area contributed by atoms with Crippen LogP contribution in [-0.2, 0) is 22.3 Å². The number of alkyl halides is 3. The summed E-state index contributed by atoms with van der Waals surface area (Å²) < 4.78 is 51.7. The van der Waals surface area contributed by atoms with Crippen LogP contribution in [0, 0.1) is 5.92 Å². The standard InChI is InChI=1S/C26H29F3N4O4/c1-16(2)33(24(34)18-7-5-4-6-8-18)22-11-10-19(14-20(22)25(35)36-3)37-23-12-9-17(15-31-32-30)13-21(23)26(27,28)29/h9-14,16,18H,4-8,15H2,1-3H3. The first-order chi connectivity index (χ1) is 17.6. The molecular formula is C26H29F3N4O4. The number of hydrogen-bond donors (Lipinski definition) is 0. The van der Waals surface area contributed by atoms with Gasteiger partial charge in [-0.15, -0.1) is 0 Å². The molecule has 0 aromatic heterocycles. The quantitative estimate of drug-likeness (QED) is 0.157. The highest BCUT2D eigenvalue weighted by Crippen LogP contribution is 2.40. The molecule has 0 N–H and O–H groups in total. The van der Waals surface area contributed by atoms with E-state index >= 15 is 0 Å².